The van der Waals surface area contributed by atoms with Crippen LogP contribution in [0.25, 0.3) is 38.7 Å². The van der Waals surface area contributed by atoms with Crippen LogP contribution in [-0.4, -0.2) is 19.8 Å². The molecule has 1 aliphatic heterocycles. The summed E-state index contributed by atoms with van der Waals surface area (Å²) in [6, 6.07) is 41.6. The van der Waals surface area contributed by atoms with Gasteiger partial charge < -0.3 is 14.8 Å². The molecule has 6 aromatic carbocycles. The lowest BCUT2D eigenvalue weighted by molar-refractivity contribution is 0.144. The van der Waals surface area contributed by atoms with Gasteiger partial charge in [-0.2, -0.15) is 0 Å². The first-order valence-electron chi connectivity index (χ1n) is 16.5. The van der Waals surface area contributed by atoms with E-state index in [0.717, 1.165) is 47.5 Å². The summed E-state index contributed by atoms with van der Waals surface area (Å²) in [6.45, 7) is 9.09. The Bertz CT molecular complexity index is 2120. The average molecular weight is 602 g/mol. The van der Waals surface area contributed by atoms with Crippen LogP contribution in [0.1, 0.15) is 55.0 Å². The molecule has 0 spiro atoms. The molecule has 0 saturated carbocycles. The largest absolute Gasteiger partial charge is 0.472 e. The van der Waals surface area contributed by atoms with Gasteiger partial charge in [-0.15, -0.1) is 0 Å². The zero-order chi connectivity index (χ0) is 31.3. The fraction of sp³-hybridized carbons (Fsp3) is 0.209. The van der Waals surface area contributed by atoms with Gasteiger partial charge in [0.2, 0.25) is 0 Å². The molecule has 1 atom stereocenters. The maximum atomic E-state index is 7.51. The van der Waals surface area contributed by atoms with Crippen molar-refractivity contribution < 1.29 is 9.47 Å². The molecular weight excluding hydrogens is 562 g/mol. The molecule has 8 rings (SSSR count). The van der Waals surface area contributed by atoms with Crippen molar-refractivity contribution in [1.82, 2.24) is 0 Å². The first kappa shape index (κ1) is 28.6. The molecule has 3 nitrogen and oxygen atoms in total. The van der Waals surface area contributed by atoms with E-state index in [4.69, 9.17) is 9.47 Å². The van der Waals surface area contributed by atoms with Gasteiger partial charge in [-0.3, -0.25) is 0 Å². The van der Waals surface area contributed by atoms with E-state index in [1.54, 1.807) is 0 Å². The highest BCUT2D eigenvalue weighted by molar-refractivity contribution is 6.08. The number of fused-ring (bicyclic) bond motifs is 9. The van der Waals surface area contributed by atoms with Crippen molar-refractivity contribution in [2.75, 3.05) is 25.1 Å². The maximum absolute atomic E-state index is 7.51. The summed E-state index contributed by atoms with van der Waals surface area (Å²) in [4.78, 5) is 0. The molecule has 6 aromatic rings. The van der Waals surface area contributed by atoms with E-state index in [-0.39, 0.29) is 5.41 Å². The van der Waals surface area contributed by atoms with Gasteiger partial charge in [0, 0.05) is 46.3 Å². The lowest BCUT2D eigenvalue weighted by Crippen LogP contribution is -2.35. The second kappa shape index (κ2) is 11.2. The van der Waals surface area contributed by atoms with E-state index in [9.17, 15) is 0 Å². The monoisotopic (exact) mass is 601 g/mol. The summed E-state index contributed by atoms with van der Waals surface area (Å²) >= 11 is 0. The third-order valence-corrected chi connectivity index (χ3v) is 9.86. The predicted molar refractivity (Wildman–Crippen MR) is 192 cm³/mol. The van der Waals surface area contributed by atoms with Crippen LogP contribution in [-0.2, 0) is 15.8 Å². The zero-order valence-corrected chi connectivity index (χ0v) is 26.8. The molecular formula is C43H39NO2. The van der Waals surface area contributed by atoms with Crippen molar-refractivity contribution in [3.63, 3.8) is 0 Å². The highest BCUT2D eigenvalue weighted by Gasteiger charge is 2.44. The summed E-state index contributed by atoms with van der Waals surface area (Å²) in [6.07, 6.45) is 5.66. The van der Waals surface area contributed by atoms with Crippen LogP contribution in [0.3, 0.4) is 0 Å². The Labute approximate surface area is 271 Å². The Kier molecular flexibility index (Phi) is 6.96. The average Bonchev–Trinajstić information content (AvgIpc) is 3.35. The van der Waals surface area contributed by atoms with Gasteiger partial charge in [0.1, 0.15) is 5.75 Å². The van der Waals surface area contributed by atoms with Crippen LogP contribution in [0.4, 0.5) is 5.69 Å². The normalized spacial score (nSPS) is 17.4. The number of rotatable bonds is 8. The van der Waals surface area contributed by atoms with Crippen molar-refractivity contribution in [2.24, 2.45) is 0 Å². The van der Waals surface area contributed by atoms with E-state index in [1.807, 2.05) is 0 Å². The first-order valence-corrected chi connectivity index (χ1v) is 16.5. The molecule has 0 amide bonds. The number of anilines is 1. The SMILES string of the molecule is CCCOCCNc1ccc(C2(c3ccc4ccccc4c3)C=Cc3c4c(c5ccccc5c3O2)-c2ccccc2C4(C)C)cc1. The van der Waals surface area contributed by atoms with Gasteiger partial charge in [-0.25, -0.2) is 0 Å². The Hall–Kier alpha value is -4.86. The summed E-state index contributed by atoms with van der Waals surface area (Å²) in [5.74, 6) is 0.946. The third kappa shape index (κ3) is 4.45. The summed E-state index contributed by atoms with van der Waals surface area (Å²) in [7, 11) is 0. The number of ether oxygens (including phenoxy) is 2. The standard InChI is InChI=1S/C43H39NO2/c1-4-26-45-27-25-44-33-21-19-31(20-22-33)43(32-18-17-29-11-5-6-12-30(29)28-32)24-23-37-40-39(34-13-7-8-14-35(34)41(37)46-43)36-15-9-10-16-38(36)42(40,2)3/h5-24,28,44H,4,25-27H2,1-3H3. The van der Waals surface area contributed by atoms with Gasteiger partial charge >= 0.3 is 0 Å². The van der Waals surface area contributed by atoms with E-state index in [2.05, 4.69) is 154 Å². The molecule has 3 heteroatoms. The van der Waals surface area contributed by atoms with Gasteiger partial charge in [0.15, 0.2) is 5.60 Å². The fourth-order valence-electron chi connectivity index (χ4n) is 7.65. The highest BCUT2D eigenvalue weighted by Crippen LogP contribution is 2.58. The van der Waals surface area contributed by atoms with Gasteiger partial charge in [-0.05, 0) is 69.1 Å². The molecule has 1 unspecified atom stereocenters. The minimum Gasteiger partial charge on any atom is -0.472 e. The van der Waals surface area contributed by atoms with E-state index >= 15 is 0 Å². The molecule has 0 radical (unpaired) electrons. The molecule has 1 aliphatic carbocycles. The maximum Gasteiger partial charge on any atom is 0.178 e. The lowest BCUT2D eigenvalue weighted by atomic mass is 9.76. The summed E-state index contributed by atoms with van der Waals surface area (Å²) < 4.78 is 13.2. The third-order valence-electron chi connectivity index (χ3n) is 9.86. The molecule has 0 bridgehead atoms. The van der Waals surface area contributed by atoms with Crippen molar-refractivity contribution >= 4 is 33.3 Å². The van der Waals surface area contributed by atoms with Crippen LogP contribution >= 0.6 is 0 Å². The molecule has 0 aromatic heterocycles. The molecule has 2 aliphatic rings. The number of benzene rings is 6. The van der Waals surface area contributed by atoms with Crippen molar-refractivity contribution in [3.05, 3.63) is 149 Å². The van der Waals surface area contributed by atoms with Crippen LogP contribution in [0.15, 0.2) is 121 Å². The van der Waals surface area contributed by atoms with Crippen LogP contribution in [0.2, 0.25) is 0 Å². The minimum atomic E-state index is -0.813. The molecule has 46 heavy (non-hydrogen) atoms. The van der Waals surface area contributed by atoms with Crippen LogP contribution in [0, 0.1) is 0 Å². The topological polar surface area (TPSA) is 30.5 Å². The smallest absolute Gasteiger partial charge is 0.178 e. The predicted octanol–water partition coefficient (Wildman–Crippen LogP) is 10.5. The molecule has 1 N–H and O–H groups in total. The van der Waals surface area contributed by atoms with Crippen LogP contribution in [0.5, 0.6) is 5.75 Å². The molecule has 228 valence electrons. The minimum absolute atomic E-state index is 0.162. The molecule has 0 fully saturated rings. The number of hydrogen-bond donors (Lipinski definition) is 1. The van der Waals surface area contributed by atoms with Crippen molar-refractivity contribution in [2.45, 2.75) is 38.2 Å². The van der Waals surface area contributed by atoms with Gasteiger partial charge in [-0.1, -0.05) is 124 Å². The Morgan fingerprint density at radius 3 is 2.26 bits per heavy atom. The summed E-state index contributed by atoms with van der Waals surface area (Å²) in [5, 5.41) is 8.31. The van der Waals surface area contributed by atoms with Gasteiger partial charge in [0.25, 0.3) is 0 Å². The van der Waals surface area contributed by atoms with E-state index in [0.29, 0.717) is 6.61 Å². The number of hydrogen-bond acceptors (Lipinski definition) is 3. The zero-order valence-electron chi connectivity index (χ0n) is 26.8. The first-order chi connectivity index (χ1) is 22.5. The quantitative estimate of drug-likeness (QED) is 0.176. The Morgan fingerprint density at radius 1 is 0.717 bits per heavy atom. The van der Waals surface area contributed by atoms with Crippen molar-refractivity contribution in [1.29, 1.82) is 0 Å². The number of nitrogens with one attached hydrogen (secondary N) is 1. The lowest BCUT2D eigenvalue weighted by Gasteiger charge is -2.38. The van der Waals surface area contributed by atoms with Gasteiger partial charge in [0.05, 0.1) is 6.61 Å². The van der Waals surface area contributed by atoms with Crippen LogP contribution < -0.4 is 10.1 Å². The second-order valence-corrected chi connectivity index (χ2v) is 13.1. The molecule has 1 heterocycles. The highest BCUT2D eigenvalue weighted by atomic mass is 16.5. The fourth-order valence-corrected chi connectivity index (χ4v) is 7.65. The van der Waals surface area contributed by atoms with Crippen molar-refractivity contribution in [3.8, 4) is 16.9 Å². The van der Waals surface area contributed by atoms with E-state index < -0.39 is 5.60 Å². The Morgan fingerprint density at radius 2 is 1.43 bits per heavy atom. The van der Waals surface area contributed by atoms with E-state index in [1.165, 1.54) is 44.0 Å². The molecule has 0 saturated heterocycles. The second-order valence-electron chi connectivity index (χ2n) is 13.1. The Balaban J connectivity index is 1.30. The summed E-state index contributed by atoms with van der Waals surface area (Å²) in [5.41, 5.74) is 8.83.